The van der Waals surface area contributed by atoms with Crippen molar-refractivity contribution in [1.29, 1.82) is 0 Å². The van der Waals surface area contributed by atoms with Crippen molar-refractivity contribution in [3.8, 4) is 0 Å². The van der Waals surface area contributed by atoms with Crippen LogP contribution in [0.25, 0.3) is 0 Å². The molecule has 0 aliphatic carbocycles. The molecule has 2 atom stereocenters. The van der Waals surface area contributed by atoms with Gasteiger partial charge in [0.05, 0.1) is 0 Å². The van der Waals surface area contributed by atoms with Gasteiger partial charge in [-0.2, -0.15) is 0 Å². The summed E-state index contributed by atoms with van der Waals surface area (Å²) in [6.45, 7) is 4.69. The van der Waals surface area contributed by atoms with E-state index in [1.54, 1.807) is 0 Å². The molecule has 0 spiro atoms. The van der Waals surface area contributed by atoms with Crippen LogP contribution in [0.2, 0.25) is 0 Å². The van der Waals surface area contributed by atoms with Crippen LogP contribution < -0.4 is 5.32 Å². The zero-order chi connectivity index (χ0) is 13.1. The highest BCUT2D eigenvalue weighted by atomic mass is 15.1. The number of rotatable bonds is 0. The van der Waals surface area contributed by atoms with Crippen LogP contribution in [-0.4, -0.2) is 0 Å². The Hall–Kier alpha value is -1.60. The van der Waals surface area contributed by atoms with Gasteiger partial charge in [-0.25, -0.2) is 0 Å². The predicted molar refractivity (Wildman–Crippen MR) is 78.1 cm³/mol. The largest absolute Gasteiger partial charge is 0.298 e. The summed E-state index contributed by atoms with van der Waals surface area (Å²) in [5.74, 6) is 0. The number of hydrogen-bond acceptors (Lipinski definition) is 1. The monoisotopic (exact) mass is 249 g/mol. The van der Waals surface area contributed by atoms with Crippen molar-refractivity contribution in [1.82, 2.24) is 5.32 Å². The molecule has 0 amide bonds. The summed E-state index contributed by atoms with van der Waals surface area (Å²) < 4.78 is 0. The van der Waals surface area contributed by atoms with Crippen molar-refractivity contribution < 1.29 is 0 Å². The summed E-state index contributed by atoms with van der Waals surface area (Å²) in [5, 5.41) is 3.92. The molecule has 1 N–H and O–H groups in total. The van der Waals surface area contributed by atoms with E-state index in [-0.39, 0.29) is 11.1 Å². The topological polar surface area (TPSA) is 12.0 Å². The van der Waals surface area contributed by atoms with Gasteiger partial charge in [0.2, 0.25) is 0 Å². The number of nitrogens with one attached hydrogen (secondary N) is 1. The molecule has 2 aromatic rings. The second-order valence-corrected chi connectivity index (χ2v) is 6.46. The summed E-state index contributed by atoms with van der Waals surface area (Å²) in [6, 6.07) is 17.8. The van der Waals surface area contributed by atoms with E-state index in [0.29, 0.717) is 0 Å². The molecule has 2 aliphatic heterocycles. The van der Waals surface area contributed by atoms with Gasteiger partial charge in [-0.3, -0.25) is 5.32 Å². The third kappa shape index (κ3) is 1.45. The smallest absolute Gasteiger partial charge is 0.0457 e. The highest BCUT2D eigenvalue weighted by molar-refractivity contribution is 5.49. The summed E-state index contributed by atoms with van der Waals surface area (Å²) >= 11 is 0. The van der Waals surface area contributed by atoms with Crippen molar-refractivity contribution in [2.24, 2.45) is 0 Å². The molecule has 0 saturated carbocycles. The molecule has 2 heterocycles. The lowest BCUT2D eigenvalue weighted by atomic mass is 9.79. The highest BCUT2D eigenvalue weighted by Crippen LogP contribution is 2.47. The van der Waals surface area contributed by atoms with Gasteiger partial charge < -0.3 is 0 Å². The first-order valence-corrected chi connectivity index (χ1v) is 7.07. The van der Waals surface area contributed by atoms with Gasteiger partial charge in [0.15, 0.2) is 0 Å². The fourth-order valence-corrected chi connectivity index (χ4v) is 4.13. The first kappa shape index (κ1) is 11.2. The molecular formula is C18H19N. The van der Waals surface area contributed by atoms with Crippen LogP contribution in [0.3, 0.4) is 0 Å². The van der Waals surface area contributed by atoms with Crippen molar-refractivity contribution in [3.63, 3.8) is 0 Å². The van der Waals surface area contributed by atoms with E-state index in [1.807, 2.05) is 0 Å². The average molecular weight is 249 g/mol. The number of fused-ring (bicyclic) bond motifs is 6. The van der Waals surface area contributed by atoms with Crippen LogP contribution in [0, 0.1) is 0 Å². The molecule has 19 heavy (non-hydrogen) atoms. The number of hydrogen-bond donors (Lipinski definition) is 1. The zero-order valence-electron chi connectivity index (χ0n) is 11.5. The molecule has 0 fully saturated rings. The van der Waals surface area contributed by atoms with E-state index in [9.17, 15) is 0 Å². The first-order valence-electron chi connectivity index (χ1n) is 7.07. The van der Waals surface area contributed by atoms with E-state index in [0.717, 1.165) is 12.8 Å². The van der Waals surface area contributed by atoms with Gasteiger partial charge in [-0.05, 0) is 48.9 Å². The third-order valence-electron chi connectivity index (χ3n) is 4.87. The number of benzene rings is 2. The molecule has 2 bridgehead atoms. The Morgan fingerprint density at radius 2 is 1.16 bits per heavy atom. The van der Waals surface area contributed by atoms with Crippen LogP contribution in [0.1, 0.15) is 36.1 Å². The van der Waals surface area contributed by atoms with Crippen LogP contribution >= 0.6 is 0 Å². The minimum atomic E-state index is 0.0674. The first-order chi connectivity index (χ1) is 9.11. The Morgan fingerprint density at radius 3 is 1.63 bits per heavy atom. The molecule has 1 heteroatoms. The van der Waals surface area contributed by atoms with E-state index < -0.39 is 0 Å². The van der Waals surface area contributed by atoms with E-state index >= 15 is 0 Å². The molecule has 4 rings (SSSR count). The molecule has 2 aromatic carbocycles. The quantitative estimate of drug-likeness (QED) is 0.753. The minimum Gasteiger partial charge on any atom is -0.298 e. The van der Waals surface area contributed by atoms with Crippen LogP contribution in [0.4, 0.5) is 0 Å². The van der Waals surface area contributed by atoms with Gasteiger partial charge in [-0.15, -0.1) is 0 Å². The van der Waals surface area contributed by atoms with Gasteiger partial charge in [0, 0.05) is 11.1 Å². The SMILES string of the molecule is CC12Cc3ccccc3CC(C)(N1)c1ccccc12. The highest BCUT2D eigenvalue weighted by Gasteiger charge is 2.48. The second-order valence-electron chi connectivity index (χ2n) is 6.46. The van der Waals surface area contributed by atoms with Crippen molar-refractivity contribution in [3.05, 3.63) is 70.8 Å². The van der Waals surface area contributed by atoms with Crippen LogP contribution in [0.15, 0.2) is 48.5 Å². The lowest BCUT2D eigenvalue weighted by molar-refractivity contribution is 0.288. The molecule has 2 aliphatic rings. The second kappa shape index (κ2) is 3.49. The van der Waals surface area contributed by atoms with E-state index in [2.05, 4.69) is 67.7 Å². The Bertz CT molecular complexity index is 604. The summed E-state index contributed by atoms with van der Waals surface area (Å²) in [7, 11) is 0. The maximum absolute atomic E-state index is 3.92. The maximum Gasteiger partial charge on any atom is 0.0457 e. The molecule has 1 nitrogen and oxygen atoms in total. The normalized spacial score (nSPS) is 31.5. The summed E-state index contributed by atoms with van der Waals surface area (Å²) in [4.78, 5) is 0. The molecular weight excluding hydrogens is 230 g/mol. The fourth-order valence-electron chi connectivity index (χ4n) is 4.13. The molecule has 2 unspecified atom stereocenters. The van der Waals surface area contributed by atoms with Crippen molar-refractivity contribution in [2.45, 2.75) is 37.8 Å². The summed E-state index contributed by atoms with van der Waals surface area (Å²) in [6.07, 6.45) is 2.16. The minimum absolute atomic E-state index is 0.0674. The Balaban J connectivity index is 1.97. The molecule has 0 saturated heterocycles. The predicted octanol–water partition coefficient (Wildman–Crippen LogP) is 3.52. The molecule has 96 valence electrons. The Morgan fingerprint density at radius 1 is 0.737 bits per heavy atom. The zero-order valence-corrected chi connectivity index (χ0v) is 11.5. The average Bonchev–Trinajstić information content (AvgIpc) is 2.53. The van der Waals surface area contributed by atoms with Gasteiger partial charge in [0.25, 0.3) is 0 Å². The third-order valence-corrected chi connectivity index (χ3v) is 4.87. The van der Waals surface area contributed by atoms with Crippen molar-refractivity contribution in [2.75, 3.05) is 0 Å². The summed E-state index contributed by atoms with van der Waals surface area (Å²) in [5.41, 5.74) is 6.08. The van der Waals surface area contributed by atoms with Crippen LogP contribution in [-0.2, 0) is 23.9 Å². The Labute approximate surface area is 114 Å². The van der Waals surface area contributed by atoms with Crippen LogP contribution in [0.5, 0.6) is 0 Å². The van der Waals surface area contributed by atoms with Crippen molar-refractivity contribution >= 4 is 0 Å². The van der Waals surface area contributed by atoms with Gasteiger partial charge >= 0.3 is 0 Å². The Kier molecular flexibility index (Phi) is 2.06. The lowest BCUT2D eigenvalue weighted by Crippen LogP contribution is -2.44. The fraction of sp³-hybridized carbons (Fsp3) is 0.333. The van der Waals surface area contributed by atoms with Gasteiger partial charge in [-0.1, -0.05) is 48.5 Å². The maximum atomic E-state index is 3.92. The van der Waals surface area contributed by atoms with Gasteiger partial charge in [0.1, 0.15) is 0 Å². The molecule has 0 aromatic heterocycles. The standard InChI is InChI=1S/C18H19N/c1-17-11-13-7-3-4-8-14(13)12-18(2,19-17)16-10-6-5-9-15(16)17/h3-10,19H,11-12H2,1-2H3. The molecule has 0 radical (unpaired) electrons. The van der Waals surface area contributed by atoms with E-state index in [1.165, 1.54) is 22.3 Å². The van der Waals surface area contributed by atoms with E-state index in [4.69, 9.17) is 0 Å². The lowest BCUT2D eigenvalue weighted by Gasteiger charge is -2.29.